The molecule has 2 aromatic carbocycles. The SMILES string of the molecule is O=C1CCC(N2C(=O)c3cccc(NCCCCCCn4ncc(-c5cnc6ccccc6n5)c4C(F)F)c3C2=O)C(=O)N1. The minimum atomic E-state index is -2.72. The fraction of sp³-hybridized carbons (Fsp3) is 0.323. The van der Waals surface area contributed by atoms with Crippen LogP contribution in [-0.4, -0.2) is 60.9 Å². The molecule has 1 saturated heterocycles. The molecule has 4 heterocycles. The number of nitrogens with zero attached hydrogens (tertiary/aromatic N) is 5. The Morgan fingerprint density at radius 1 is 0.909 bits per heavy atom. The number of fused-ring (bicyclic) bond motifs is 2. The zero-order chi connectivity index (χ0) is 30.8. The molecule has 2 aliphatic heterocycles. The fourth-order valence-corrected chi connectivity index (χ4v) is 5.71. The Kier molecular flexibility index (Phi) is 8.09. The fourth-order valence-electron chi connectivity index (χ4n) is 5.71. The van der Waals surface area contributed by atoms with Crippen molar-refractivity contribution in [3.8, 4) is 11.3 Å². The van der Waals surface area contributed by atoms with Crippen LogP contribution in [0.25, 0.3) is 22.3 Å². The smallest absolute Gasteiger partial charge is 0.280 e. The number of rotatable bonds is 11. The molecule has 0 radical (unpaired) electrons. The maximum atomic E-state index is 14.1. The summed E-state index contributed by atoms with van der Waals surface area (Å²) in [6.07, 6.45) is 3.26. The molecule has 4 aromatic rings. The number of anilines is 1. The number of hydrogen-bond donors (Lipinski definition) is 2. The van der Waals surface area contributed by atoms with Gasteiger partial charge in [0, 0.05) is 30.8 Å². The monoisotopic (exact) mass is 601 g/mol. The van der Waals surface area contributed by atoms with Gasteiger partial charge in [0.2, 0.25) is 11.8 Å². The number of unbranched alkanes of at least 4 members (excludes halogenated alkanes) is 3. The predicted molar refractivity (Wildman–Crippen MR) is 156 cm³/mol. The minimum Gasteiger partial charge on any atom is -0.384 e. The van der Waals surface area contributed by atoms with Gasteiger partial charge in [-0.05, 0) is 43.5 Å². The first-order valence-electron chi connectivity index (χ1n) is 14.5. The number of aromatic nitrogens is 4. The van der Waals surface area contributed by atoms with Crippen LogP contribution in [0, 0.1) is 0 Å². The van der Waals surface area contributed by atoms with Gasteiger partial charge in [0.1, 0.15) is 11.7 Å². The maximum Gasteiger partial charge on any atom is 0.280 e. The summed E-state index contributed by atoms with van der Waals surface area (Å²) in [5, 5.41) is 9.63. The van der Waals surface area contributed by atoms with Crippen molar-refractivity contribution in [1.29, 1.82) is 0 Å². The molecule has 4 amide bonds. The Morgan fingerprint density at radius 2 is 1.70 bits per heavy atom. The van der Waals surface area contributed by atoms with Gasteiger partial charge in [0.05, 0.1) is 40.2 Å². The van der Waals surface area contributed by atoms with Gasteiger partial charge >= 0.3 is 0 Å². The van der Waals surface area contributed by atoms with E-state index in [4.69, 9.17) is 0 Å². The molecule has 44 heavy (non-hydrogen) atoms. The zero-order valence-electron chi connectivity index (χ0n) is 23.6. The highest BCUT2D eigenvalue weighted by Gasteiger charge is 2.45. The van der Waals surface area contributed by atoms with E-state index in [-0.39, 0.29) is 35.2 Å². The van der Waals surface area contributed by atoms with Crippen LogP contribution >= 0.6 is 0 Å². The number of benzene rings is 2. The highest BCUT2D eigenvalue weighted by atomic mass is 19.3. The van der Waals surface area contributed by atoms with Gasteiger partial charge in [-0.2, -0.15) is 5.10 Å². The van der Waals surface area contributed by atoms with Gasteiger partial charge in [-0.15, -0.1) is 0 Å². The number of alkyl halides is 2. The number of aryl methyl sites for hydroxylation is 1. The standard InChI is InChI=1S/C31H29F2N7O4/c32-28(33)27-19(23-17-35-20-9-3-4-10-21(20)37-23)16-36-39(27)15-6-2-1-5-14-34-22-11-7-8-18-26(22)31(44)40(30(18)43)24-12-13-25(41)38-29(24)42/h3-4,7-11,16-17,24,28,34H,1-2,5-6,12-15H2,(H,38,41,42). The van der Waals surface area contributed by atoms with E-state index in [1.165, 1.54) is 17.1 Å². The lowest BCUT2D eigenvalue weighted by atomic mass is 10.0. The number of imide groups is 2. The van der Waals surface area contributed by atoms with Crippen molar-refractivity contribution in [1.82, 2.24) is 30.0 Å². The van der Waals surface area contributed by atoms with Crippen LogP contribution in [0.1, 0.15) is 71.4 Å². The summed E-state index contributed by atoms with van der Waals surface area (Å²) in [7, 11) is 0. The molecule has 2 aliphatic rings. The maximum absolute atomic E-state index is 14.1. The number of carbonyl (C=O) groups is 4. The first kappa shape index (κ1) is 29.0. The molecule has 2 aromatic heterocycles. The van der Waals surface area contributed by atoms with E-state index in [2.05, 4.69) is 25.7 Å². The van der Waals surface area contributed by atoms with Crippen LogP contribution in [0.3, 0.4) is 0 Å². The first-order chi connectivity index (χ1) is 21.3. The summed E-state index contributed by atoms with van der Waals surface area (Å²) in [4.78, 5) is 59.8. The quantitative estimate of drug-likeness (QED) is 0.189. The Bertz CT molecular complexity index is 1770. The lowest BCUT2D eigenvalue weighted by Gasteiger charge is -2.27. The summed E-state index contributed by atoms with van der Waals surface area (Å²) in [5.41, 5.74) is 2.67. The molecule has 0 spiro atoms. The first-order valence-corrected chi connectivity index (χ1v) is 14.5. The third-order valence-electron chi connectivity index (χ3n) is 7.89. The van der Waals surface area contributed by atoms with Gasteiger partial charge in [-0.3, -0.25) is 39.1 Å². The highest BCUT2D eigenvalue weighted by Crippen LogP contribution is 2.33. The van der Waals surface area contributed by atoms with Crippen LogP contribution in [-0.2, 0) is 16.1 Å². The lowest BCUT2D eigenvalue weighted by Crippen LogP contribution is -2.54. The number of halogens is 2. The van der Waals surface area contributed by atoms with E-state index in [0.717, 1.165) is 24.2 Å². The van der Waals surface area contributed by atoms with Gasteiger partial charge in [0.15, 0.2) is 0 Å². The Hall–Kier alpha value is -5.07. The molecule has 1 unspecified atom stereocenters. The van der Waals surface area contributed by atoms with Crippen LogP contribution in [0.2, 0.25) is 0 Å². The van der Waals surface area contributed by atoms with Crippen LogP contribution in [0.4, 0.5) is 14.5 Å². The van der Waals surface area contributed by atoms with Crippen molar-refractivity contribution < 1.29 is 28.0 Å². The molecule has 0 saturated carbocycles. The Labute approximate surface area is 250 Å². The number of para-hydroxylation sites is 2. The summed E-state index contributed by atoms with van der Waals surface area (Å²) < 4.78 is 29.5. The predicted octanol–water partition coefficient (Wildman–Crippen LogP) is 4.50. The number of hydrogen-bond acceptors (Lipinski definition) is 8. The second-order valence-corrected chi connectivity index (χ2v) is 10.7. The van der Waals surface area contributed by atoms with Crippen molar-refractivity contribution in [3.05, 3.63) is 71.7 Å². The van der Waals surface area contributed by atoms with Crippen molar-refractivity contribution in [2.24, 2.45) is 0 Å². The van der Waals surface area contributed by atoms with Crippen molar-refractivity contribution in [3.63, 3.8) is 0 Å². The van der Waals surface area contributed by atoms with Gasteiger partial charge in [-0.1, -0.05) is 31.0 Å². The number of nitrogens with one attached hydrogen (secondary N) is 2. The third-order valence-corrected chi connectivity index (χ3v) is 7.89. The van der Waals surface area contributed by atoms with E-state index in [9.17, 15) is 28.0 Å². The van der Waals surface area contributed by atoms with Crippen molar-refractivity contribution in [2.75, 3.05) is 11.9 Å². The van der Waals surface area contributed by atoms with Crippen LogP contribution in [0.5, 0.6) is 0 Å². The molecule has 6 rings (SSSR count). The molecule has 13 heteroatoms. The normalized spacial score (nSPS) is 16.6. The average molecular weight is 602 g/mol. The molecular weight excluding hydrogens is 572 g/mol. The minimum absolute atomic E-state index is 0.0546. The average Bonchev–Trinajstić information content (AvgIpc) is 3.55. The van der Waals surface area contributed by atoms with E-state index in [0.29, 0.717) is 41.9 Å². The van der Waals surface area contributed by atoms with Crippen molar-refractivity contribution >= 4 is 40.3 Å². The second-order valence-electron chi connectivity index (χ2n) is 10.7. The summed E-state index contributed by atoms with van der Waals surface area (Å²) in [6.45, 7) is 0.846. The largest absolute Gasteiger partial charge is 0.384 e. The van der Waals surface area contributed by atoms with E-state index in [1.54, 1.807) is 24.3 Å². The molecule has 2 N–H and O–H groups in total. The number of amides is 4. The summed E-state index contributed by atoms with van der Waals surface area (Å²) in [6, 6.07) is 11.2. The highest BCUT2D eigenvalue weighted by molar-refractivity contribution is 6.25. The Morgan fingerprint density at radius 3 is 2.50 bits per heavy atom. The van der Waals surface area contributed by atoms with Gasteiger partial charge in [-0.25, -0.2) is 13.8 Å². The molecule has 11 nitrogen and oxygen atoms in total. The molecule has 0 bridgehead atoms. The lowest BCUT2D eigenvalue weighted by molar-refractivity contribution is -0.136. The number of piperidine rings is 1. The third kappa shape index (κ3) is 5.52. The van der Waals surface area contributed by atoms with E-state index in [1.807, 2.05) is 18.2 Å². The van der Waals surface area contributed by atoms with Crippen LogP contribution < -0.4 is 10.6 Å². The molecular formula is C31H29F2N7O4. The Balaban J connectivity index is 1.02. The second kappa shape index (κ2) is 12.3. The molecule has 1 atom stereocenters. The summed E-state index contributed by atoms with van der Waals surface area (Å²) in [5.74, 6) is -2.20. The summed E-state index contributed by atoms with van der Waals surface area (Å²) >= 11 is 0. The van der Waals surface area contributed by atoms with Crippen molar-refractivity contribution in [2.45, 2.75) is 57.5 Å². The number of carbonyl (C=O) groups excluding carboxylic acids is 4. The van der Waals surface area contributed by atoms with Crippen LogP contribution in [0.15, 0.2) is 54.9 Å². The van der Waals surface area contributed by atoms with Gasteiger partial charge < -0.3 is 5.32 Å². The molecule has 0 aliphatic carbocycles. The van der Waals surface area contributed by atoms with E-state index >= 15 is 0 Å². The molecule has 1 fully saturated rings. The molecule has 226 valence electrons. The van der Waals surface area contributed by atoms with E-state index < -0.39 is 36.1 Å². The topological polar surface area (TPSA) is 139 Å². The zero-order valence-corrected chi connectivity index (χ0v) is 23.6. The van der Waals surface area contributed by atoms with Gasteiger partial charge in [0.25, 0.3) is 18.2 Å².